The van der Waals surface area contributed by atoms with Crippen LogP contribution in [0.1, 0.15) is 6.92 Å². The highest BCUT2D eigenvalue weighted by Gasteiger charge is 2.03. The molecule has 12 heavy (non-hydrogen) atoms. The molecule has 2 N–H and O–H groups in total. The maximum atomic E-state index is 10.6. The van der Waals surface area contributed by atoms with Gasteiger partial charge in [0.1, 0.15) is 0 Å². The predicted molar refractivity (Wildman–Crippen MR) is 47.2 cm³/mol. The number of halogens is 1. The van der Waals surface area contributed by atoms with Crippen LogP contribution in [0.5, 0.6) is 5.75 Å². The van der Waals surface area contributed by atoms with Crippen LogP contribution in [-0.2, 0) is 4.79 Å². The lowest BCUT2D eigenvalue weighted by molar-refractivity contribution is -0.131. The molecule has 0 saturated heterocycles. The first kappa shape index (κ1) is 8.87. The first-order valence-corrected chi connectivity index (χ1v) is 3.71. The van der Waals surface area contributed by atoms with E-state index in [2.05, 4.69) is 0 Å². The van der Waals surface area contributed by atoms with Crippen LogP contribution in [0.3, 0.4) is 0 Å². The van der Waals surface area contributed by atoms with Crippen LogP contribution in [0.4, 0.5) is 5.69 Å². The Morgan fingerprint density at radius 2 is 2.25 bits per heavy atom. The predicted octanol–water partition coefficient (Wildman–Crippen LogP) is 1.85. The zero-order valence-electron chi connectivity index (χ0n) is 6.50. The third kappa shape index (κ3) is 2.13. The van der Waals surface area contributed by atoms with E-state index in [1.165, 1.54) is 13.0 Å². The van der Waals surface area contributed by atoms with Crippen molar-refractivity contribution in [1.82, 2.24) is 0 Å². The van der Waals surface area contributed by atoms with E-state index in [1.807, 2.05) is 0 Å². The molecular formula is C8H8ClNO2. The Kier molecular flexibility index (Phi) is 2.55. The van der Waals surface area contributed by atoms with Crippen LogP contribution in [0, 0.1) is 0 Å². The third-order valence-electron chi connectivity index (χ3n) is 1.21. The number of rotatable bonds is 1. The van der Waals surface area contributed by atoms with Gasteiger partial charge in [-0.1, -0.05) is 11.6 Å². The van der Waals surface area contributed by atoms with Crippen LogP contribution >= 0.6 is 11.6 Å². The summed E-state index contributed by atoms with van der Waals surface area (Å²) in [5, 5.41) is 0.374. The van der Waals surface area contributed by atoms with Gasteiger partial charge in [0.2, 0.25) is 0 Å². The second-order valence-electron chi connectivity index (χ2n) is 2.28. The number of benzene rings is 1. The third-order valence-corrected chi connectivity index (χ3v) is 1.52. The second-order valence-corrected chi connectivity index (χ2v) is 2.69. The van der Waals surface area contributed by atoms with E-state index in [-0.39, 0.29) is 0 Å². The molecule has 4 heteroatoms. The molecular weight excluding hydrogens is 178 g/mol. The fourth-order valence-electron chi connectivity index (χ4n) is 0.753. The Balaban J connectivity index is 2.97. The summed E-state index contributed by atoms with van der Waals surface area (Å²) in [5.41, 5.74) is 5.96. The summed E-state index contributed by atoms with van der Waals surface area (Å²) in [6, 6.07) is 4.72. The summed E-state index contributed by atoms with van der Waals surface area (Å²) in [6.07, 6.45) is 0. The lowest BCUT2D eigenvalue weighted by Gasteiger charge is -2.03. The van der Waals surface area contributed by atoms with Gasteiger partial charge in [-0.25, -0.2) is 0 Å². The molecule has 64 valence electrons. The lowest BCUT2D eigenvalue weighted by atomic mass is 10.3. The monoisotopic (exact) mass is 185 g/mol. The van der Waals surface area contributed by atoms with E-state index >= 15 is 0 Å². The van der Waals surface area contributed by atoms with E-state index in [0.29, 0.717) is 16.5 Å². The summed E-state index contributed by atoms with van der Waals surface area (Å²) in [6.45, 7) is 1.31. The molecule has 1 rings (SSSR count). The van der Waals surface area contributed by atoms with Gasteiger partial charge in [-0.05, 0) is 12.1 Å². The van der Waals surface area contributed by atoms with Crippen molar-refractivity contribution in [1.29, 1.82) is 0 Å². The number of carbonyl (C=O) groups excluding carboxylic acids is 1. The van der Waals surface area contributed by atoms with E-state index in [1.54, 1.807) is 12.1 Å². The summed E-state index contributed by atoms with van der Waals surface area (Å²) < 4.78 is 4.77. The van der Waals surface area contributed by atoms with Crippen molar-refractivity contribution < 1.29 is 9.53 Å². The molecule has 1 aromatic rings. The highest BCUT2D eigenvalue weighted by Crippen LogP contribution is 2.26. The van der Waals surface area contributed by atoms with Crippen LogP contribution in [0.25, 0.3) is 0 Å². The van der Waals surface area contributed by atoms with Gasteiger partial charge >= 0.3 is 5.97 Å². The molecule has 0 unspecified atom stereocenters. The fraction of sp³-hybridized carbons (Fsp3) is 0.125. The number of carbonyl (C=O) groups is 1. The first-order chi connectivity index (χ1) is 5.59. The Hall–Kier alpha value is -1.22. The van der Waals surface area contributed by atoms with Crippen LogP contribution < -0.4 is 10.5 Å². The van der Waals surface area contributed by atoms with Crippen molar-refractivity contribution in [3.05, 3.63) is 23.2 Å². The van der Waals surface area contributed by atoms with Crippen molar-refractivity contribution in [2.24, 2.45) is 0 Å². The smallest absolute Gasteiger partial charge is 0.308 e. The maximum Gasteiger partial charge on any atom is 0.308 e. The standard InChI is InChI=1S/C8H8ClNO2/c1-5(11)12-8-4-6(10)2-3-7(8)9/h2-4H,10H2,1H3. The van der Waals surface area contributed by atoms with Gasteiger partial charge in [0.25, 0.3) is 0 Å². The van der Waals surface area contributed by atoms with Gasteiger partial charge in [-0.2, -0.15) is 0 Å². The number of anilines is 1. The van der Waals surface area contributed by atoms with Crippen molar-refractivity contribution in [2.45, 2.75) is 6.92 Å². The zero-order chi connectivity index (χ0) is 9.14. The highest BCUT2D eigenvalue weighted by molar-refractivity contribution is 6.32. The molecule has 0 atom stereocenters. The Morgan fingerprint density at radius 3 is 2.83 bits per heavy atom. The molecule has 0 radical (unpaired) electrons. The molecule has 0 aromatic heterocycles. The normalized spacial score (nSPS) is 9.50. The second kappa shape index (κ2) is 3.45. The minimum Gasteiger partial charge on any atom is -0.425 e. The summed E-state index contributed by atoms with van der Waals surface area (Å²) in [7, 11) is 0. The van der Waals surface area contributed by atoms with E-state index in [4.69, 9.17) is 22.1 Å². The van der Waals surface area contributed by atoms with E-state index in [0.717, 1.165) is 0 Å². The number of hydrogen-bond donors (Lipinski definition) is 1. The average molecular weight is 186 g/mol. The largest absolute Gasteiger partial charge is 0.425 e. The number of nitrogen functional groups attached to an aromatic ring is 1. The summed E-state index contributed by atoms with van der Waals surface area (Å²) >= 11 is 5.71. The van der Waals surface area contributed by atoms with Crippen LogP contribution in [-0.4, -0.2) is 5.97 Å². The zero-order valence-corrected chi connectivity index (χ0v) is 7.26. The quantitative estimate of drug-likeness (QED) is 0.413. The molecule has 0 bridgehead atoms. The minimum atomic E-state index is -0.414. The molecule has 3 nitrogen and oxygen atoms in total. The van der Waals surface area contributed by atoms with Crippen LogP contribution in [0.15, 0.2) is 18.2 Å². The first-order valence-electron chi connectivity index (χ1n) is 3.33. The molecule has 0 heterocycles. The highest BCUT2D eigenvalue weighted by atomic mass is 35.5. The number of esters is 1. The molecule has 0 amide bonds. The van der Waals surface area contributed by atoms with E-state index < -0.39 is 5.97 Å². The van der Waals surface area contributed by atoms with Crippen molar-refractivity contribution >= 4 is 23.3 Å². The molecule has 0 aliphatic rings. The minimum absolute atomic E-state index is 0.296. The van der Waals surface area contributed by atoms with Crippen molar-refractivity contribution in [3.8, 4) is 5.75 Å². The Bertz CT molecular complexity index is 312. The van der Waals surface area contributed by atoms with Gasteiger partial charge in [0, 0.05) is 18.7 Å². The van der Waals surface area contributed by atoms with E-state index in [9.17, 15) is 4.79 Å². The lowest BCUT2D eigenvalue weighted by Crippen LogP contribution is -2.02. The summed E-state index contributed by atoms with van der Waals surface area (Å²) in [5.74, 6) is -0.119. The Morgan fingerprint density at radius 1 is 1.58 bits per heavy atom. The average Bonchev–Trinajstić information content (AvgIpc) is 1.96. The molecule has 0 fully saturated rings. The number of nitrogens with two attached hydrogens (primary N) is 1. The fourth-order valence-corrected chi connectivity index (χ4v) is 0.909. The molecule has 0 aliphatic heterocycles. The SMILES string of the molecule is CC(=O)Oc1cc(N)ccc1Cl. The molecule has 1 aromatic carbocycles. The number of hydrogen-bond acceptors (Lipinski definition) is 3. The maximum absolute atomic E-state index is 10.6. The summed E-state index contributed by atoms with van der Waals surface area (Å²) in [4.78, 5) is 10.6. The van der Waals surface area contributed by atoms with Gasteiger partial charge < -0.3 is 10.5 Å². The van der Waals surface area contributed by atoms with Crippen molar-refractivity contribution in [3.63, 3.8) is 0 Å². The van der Waals surface area contributed by atoms with Gasteiger partial charge in [0.15, 0.2) is 5.75 Å². The molecule has 0 saturated carbocycles. The van der Waals surface area contributed by atoms with Gasteiger partial charge in [-0.15, -0.1) is 0 Å². The number of ether oxygens (including phenoxy) is 1. The molecule has 0 spiro atoms. The van der Waals surface area contributed by atoms with Gasteiger partial charge in [0.05, 0.1) is 5.02 Å². The van der Waals surface area contributed by atoms with Crippen LogP contribution in [0.2, 0.25) is 5.02 Å². The topological polar surface area (TPSA) is 52.3 Å². The molecule has 0 aliphatic carbocycles. The Labute approximate surface area is 75.1 Å². The van der Waals surface area contributed by atoms with Crippen molar-refractivity contribution in [2.75, 3.05) is 5.73 Å². The van der Waals surface area contributed by atoms with Gasteiger partial charge in [-0.3, -0.25) is 4.79 Å².